The van der Waals surface area contributed by atoms with Crippen LogP contribution in [0.25, 0.3) is 0 Å². The first-order chi connectivity index (χ1) is 12.7. The Kier molecular flexibility index (Phi) is 13.5. The van der Waals surface area contributed by atoms with E-state index < -0.39 is 10.1 Å². The molecule has 0 spiro atoms. The second-order valence-corrected chi connectivity index (χ2v) is 8.35. The summed E-state index contributed by atoms with van der Waals surface area (Å²) in [5.41, 5.74) is 0. The van der Waals surface area contributed by atoms with Gasteiger partial charge in [-0.3, -0.25) is 4.18 Å². The Morgan fingerprint density at radius 1 is 0.692 bits per heavy atom. The van der Waals surface area contributed by atoms with Crippen molar-refractivity contribution in [2.45, 2.75) is 82.4 Å². The van der Waals surface area contributed by atoms with Gasteiger partial charge in [-0.05, 0) is 18.6 Å². The molecular formula is C21H36O4S. The van der Waals surface area contributed by atoms with Crippen LogP contribution in [0.1, 0.15) is 77.6 Å². The highest BCUT2D eigenvalue weighted by molar-refractivity contribution is 7.86. The van der Waals surface area contributed by atoms with Crippen LogP contribution in [0.5, 0.6) is 0 Å². The highest BCUT2D eigenvalue weighted by Gasteiger charge is 2.13. The van der Waals surface area contributed by atoms with E-state index >= 15 is 0 Å². The molecule has 1 aromatic carbocycles. The van der Waals surface area contributed by atoms with E-state index in [1.165, 1.54) is 76.3 Å². The van der Waals surface area contributed by atoms with Crippen molar-refractivity contribution in [3.8, 4) is 0 Å². The number of benzene rings is 1. The smallest absolute Gasteiger partial charge is 0.297 e. The first-order valence-corrected chi connectivity index (χ1v) is 11.6. The summed E-state index contributed by atoms with van der Waals surface area (Å²) < 4.78 is 34.2. The lowest BCUT2D eigenvalue weighted by atomic mass is 10.1. The van der Waals surface area contributed by atoms with Gasteiger partial charge in [0.15, 0.2) is 0 Å². The summed E-state index contributed by atoms with van der Waals surface area (Å²) in [4.78, 5) is 0.186. The zero-order valence-electron chi connectivity index (χ0n) is 16.3. The van der Waals surface area contributed by atoms with Crippen LogP contribution in [0.3, 0.4) is 0 Å². The minimum absolute atomic E-state index is 0.0647. The van der Waals surface area contributed by atoms with Gasteiger partial charge in [-0.1, -0.05) is 89.3 Å². The molecule has 0 aliphatic heterocycles. The van der Waals surface area contributed by atoms with Crippen LogP contribution >= 0.6 is 0 Å². The van der Waals surface area contributed by atoms with Gasteiger partial charge in [0, 0.05) is 6.61 Å². The van der Waals surface area contributed by atoms with E-state index in [4.69, 9.17) is 8.92 Å². The van der Waals surface area contributed by atoms with E-state index in [0.29, 0.717) is 13.2 Å². The van der Waals surface area contributed by atoms with E-state index in [1.807, 2.05) is 0 Å². The Morgan fingerprint density at radius 2 is 1.23 bits per heavy atom. The predicted molar refractivity (Wildman–Crippen MR) is 107 cm³/mol. The molecule has 0 saturated heterocycles. The maximum Gasteiger partial charge on any atom is 0.297 e. The number of rotatable bonds is 17. The molecule has 150 valence electrons. The van der Waals surface area contributed by atoms with Crippen molar-refractivity contribution in [2.24, 2.45) is 0 Å². The molecule has 0 fully saturated rings. The van der Waals surface area contributed by atoms with Gasteiger partial charge in [0.1, 0.15) is 0 Å². The Labute approximate surface area is 160 Å². The topological polar surface area (TPSA) is 52.6 Å². The highest BCUT2D eigenvalue weighted by atomic mass is 32.2. The fourth-order valence-corrected chi connectivity index (χ4v) is 3.74. The maximum atomic E-state index is 11.9. The number of hydrogen-bond donors (Lipinski definition) is 0. The standard InChI is InChI=1S/C21H36O4S/c1-2-3-4-5-6-7-8-9-10-11-15-18-24-19-20-25-26(22,23)21-16-13-12-14-17-21/h12-14,16-17H,2-11,15,18-20H2,1H3. The van der Waals surface area contributed by atoms with Gasteiger partial charge in [-0.25, -0.2) is 0 Å². The third kappa shape index (κ3) is 11.7. The van der Waals surface area contributed by atoms with E-state index in [9.17, 15) is 8.42 Å². The molecule has 0 N–H and O–H groups in total. The Morgan fingerprint density at radius 3 is 1.81 bits per heavy atom. The molecule has 0 aliphatic carbocycles. The van der Waals surface area contributed by atoms with Gasteiger partial charge in [0.2, 0.25) is 0 Å². The van der Waals surface area contributed by atoms with Crippen molar-refractivity contribution in [1.82, 2.24) is 0 Å². The lowest BCUT2D eigenvalue weighted by molar-refractivity contribution is 0.0989. The zero-order valence-corrected chi connectivity index (χ0v) is 17.1. The van der Waals surface area contributed by atoms with Crippen molar-refractivity contribution in [2.75, 3.05) is 19.8 Å². The molecular weight excluding hydrogens is 348 g/mol. The predicted octanol–water partition coefficient (Wildman–Crippen LogP) is 5.72. The van der Waals surface area contributed by atoms with Gasteiger partial charge >= 0.3 is 0 Å². The Hall–Kier alpha value is -0.910. The van der Waals surface area contributed by atoms with Gasteiger partial charge < -0.3 is 4.74 Å². The molecule has 0 aromatic heterocycles. The Balaban J connectivity index is 1.87. The van der Waals surface area contributed by atoms with Gasteiger partial charge in [-0.2, -0.15) is 8.42 Å². The molecule has 0 atom stereocenters. The second-order valence-electron chi connectivity index (χ2n) is 6.74. The lowest BCUT2D eigenvalue weighted by Gasteiger charge is -2.07. The molecule has 26 heavy (non-hydrogen) atoms. The summed E-state index contributed by atoms with van der Waals surface area (Å²) in [5, 5.41) is 0. The number of unbranched alkanes of at least 4 members (excludes halogenated alkanes) is 10. The maximum absolute atomic E-state index is 11.9. The lowest BCUT2D eigenvalue weighted by Crippen LogP contribution is -2.12. The molecule has 4 nitrogen and oxygen atoms in total. The third-order valence-electron chi connectivity index (χ3n) is 4.39. The SMILES string of the molecule is CCCCCCCCCCCCCOCCOS(=O)(=O)c1ccccc1. The highest BCUT2D eigenvalue weighted by Crippen LogP contribution is 2.12. The van der Waals surface area contributed by atoms with Crippen LogP contribution in [0.2, 0.25) is 0 Å². The van der Waals surface area contributed by atoms with Crippen molar-refractivity contribution < 1.29 is 17.3 Å². The van der Waals surface area contributed by atoms with Crippen LogP contribution in [0.4, 0.5) is 0 Å². The van der Waals surface area contributed by atoms with Gasteiger partial charge in [-0.15, -0.1) is 0 Å². The molecule has 0 bridgehead atoms. The van der Waals surface area contributed by atoms with E-state index in [1.54, 1.807) is 18.2 Å². The van der Waals surface area contributed by atoms with Crippen molar-refractivity contribution in [3.63, 3.8) is 0 Å². The van der Waals surface area contributed by atoms with Crippen LogP contribution < -0.4 is 0 Å². The third-order valence-corrected chi connectivity index (χ3v) is 5.72. The van der Waals surface area contributed by atoms with Crippen molar-refractivity contribution in [1.29, 1.82) is 0 Å². The number of ether oxygens (including phenoxy) is 1. The molecule has 0 heterocycles. The fraction of sp³-hybridized carbons (Fsp3) is 0.714. The van der Waals surface area contributed by atoms with Crippen LogP contribution in [0, 0.1) is 0 Å². The fourth-order valence-electron chi connectivity index (χ4n) is 2.83. The largest absolute Gasteiger partial charge is 0.379 e. The monoisotopic (exact) mass is 384 g/mol. The van der Waals surface area contributed by atoms with Gasteiger partial charge in [0.05, 0.1) is 18.1 Å². The van der Waals surface area contributed by atoms with Crippen LogP contribution in [0.15, 0.2) is 35.2 Å². The first kappa shape index (κ1) is 23.1. The Bertz CT molecular complexity index is 528. The molecule has 5 heteroatoms. The second kappa shape index (κ2) is 15.2. The summed E-state index contributed by atoms with van der Waals surface area (Å²) in [5.74, 6) is 0. The summed E-state index contributed by atoms with van der Waals surface area (Å²) in [7, 11) is -3.66. The van der Waals surface area contributed by atoms with Crippen LogP contribution in [-0.4, -0.2) is 28.2 Å². The van der Waals surface area contributed by atoms with Crippen LogP contribution in [-0.2, 0) is 19.0 Å². The normalized spacial score (nSPS) is 11.7. The molecule has 0 aliphatic rings. The molecule has 0 amide bonds. The van der Waals surface area contributed by atoms with Crippen molar-refractivity contribution in [3.05, 3.63) is 30.3 Å². The first-order valence-electron chi connectivity index (χ1n) is 10.2. The molecule has 0 radical (unpaired) electrons. The minimum atomic E-state index is -3.66. The van der Waals surface area contributed by atoms with Crippen molar-refractivity contribution >= 4 is 10.1 Å². The quantitative estimate of drug-likeness (QED) is 0.255. The van der Waals surface area contributed by atoms with E-state index in [-0.39, 0.29) is 11.5 Å². The zero-order chi connectivity index (χ0) is 18.9. The molecule has 0 saturated carbocycles. The average Bonchev–Trinajstić information content (AvgIpc) is 2.65. The summed E-state index contributed by atoms with van der Waals surface area (Å²) >= 11 is 0. The summed E-state index contributed by atoms with van der Waals surface area (Å²) in [6, 6.07) is 8.19. The van der Waals surface area contributed by atoms with E-state index in [0.717, 1.165) is 6.42 Å². The number of hydrogen-bond acceptors (Lipinski definition) is 4. The van der Waals surface area contributed by atoms with E-state index in [2.05, 4.69) is 6.92 Å². The summed E-state index contributed by atoms with van der Waals surface area (Å²) in [6.07, 6.45) is 14.4. The average molecular weight is 385 g/mol. The van der Waals surface area contributed by atoms with Gasteiger partial charge in [0.25, 0.3) is 10.1 Å². The molecule has 1 aromatic rings. The molecule has 1 rings (SSSR count). The summed E-state index contributed by atoms with van der Waals surface area (Å²) in [6.45, 7) is 3.30. The molecule has 0 unspecified atom stereocenters. The minimum Gasteiger partial charge on any atom is -0.379 e.